The Labute approximate surface area is 117 Å². The molecule has 1 heterocycles. The molecule has 1 aliphatic rings. The second-order valence-corrected chi connectivity index (χ2v) is 6.17. The number of halogens is 2. The highest BCUT2D eigenvalue weighted by atomic mass is 35.5. The number of thioether (sulfide) groups is 1. The standard InChI is InChI=1S/C13H18ClFN2S/c1-9-8-18-5-4-17(9)13(7-16)11-6-10(14)2-3-12(11)15/h2-3,6,9,13H,4-5,7-8,16H2,1H3. The molecular weight excluding hydrogens is 271 g/mol. The van der Waals surface area contributed by atoms with Crippen LogP contribution in [0.5, 0.6) is 0 Å². The molecule has 1 aliphatic heterocycles. The van der Waals surface area contributed by atoms with E-state index < -0.39 is 0 Å². The number of rotatable bonds is 3. The molecule has 1 aromatic carbocycles. The first kappa shape index (κ1) is 14.1. The van der Waals surface area contributed by atoms with Crippen molar-refractivity contribution in [2.75, 3.05) is 24.6 Å². The summed E-state index contributed by atoms with van der Waals surface area (Å²) >= 11 is 7.90. The van der Waals surface area contributed by atoms with Crippen molar-refractivity contribution in [3.05, 3.63) is 34.6 Å². The Hall–Kier alpha value is -0.290. The highest BCUT2D eigenvalue weighted by Crippen LogP contribution is 2.30. The number of hydrogen-bond acceptors (Lipinski definition) is 3. The third kappa shape index (κ3) is 2.99. The highest BCUT2D eigenvalue weighted by molar-refractivity contribution is 7.99. The smallest absolute Gasteiger partial charge is 0.128 e. The molecule has 1 fully saturated rings. The Morgan fingerprint density at radius 2 is 2.39 bits per heavy atom. The van der Waals surface area contributed by atoms with Crippen LogP contribution >= 0.6 is 23.4 Å². The Kier molecular flexibility index (Phi) is 4.90. The Balaban J connectivity index is 2.29. The Morgan fingerprint density at radius 1 is 1.61 bits per heavy atom. The van der Waals surface area contributed by atoms with Crippen LogP contribution in [0.15, 0.2) is 18.2 Å². The maximum Gasteiger partial charge on any atom is 0.128 e. The SMILES string of the molecule is CC1CSCCN1C(CN)c1cc(Cl)ccc1F. The lowest BCUT2D eigenvalue weighted by Gasteiger charge is -2.39. The number of nitrogens with zero attached hydrogens (tertiary/aromatic N) is 1. The third-order valence-corrected chi connectivity index (χ3v) is 4.78. The number of benzene rings is 1. The quantitative estimate of drug-likeness (QED) is 0.927. The minimum absolute atomic E-state index is 0.0837. The summed E-state index contributed by atoms with van der Waals surface area (Å²) in [6.07, 6.45) is 0. The number of nitrogens with two attached hydrogens (primary N) is 1. The van der Waals surface area contributed by atoms with Gasteiger partial charge in [-0.25, -0.2) is 4.39 Å². The fourth-order valence-corrected chi connectivity index (χ4v) is 3.63. The molecule has 0 spiro atoms. The predicted molar refractivity (Wildman–Crippen MR) is 76.7 cm³/mol. The van der Waals surface area contributed by atoms with Crippen LogP contribution in [0.2, 0.25) is 5.02 Å². The van der Waals surface area contributed by atoms with E-state index in [4.69, 9.17) is 17.3 Å². The van der Waals surface area contributed by atoms with Crippen molar-refractivity contribution in [2.45, 2.75) is 19.0 Å². The summed E-state index contributed by atoms with van der Waals surface area (Å²) in [5.74, 6) is 1.92. The van der Waals surface area contributed by atoms with Gasteiger partial charge >= 0.3 is 0 Å². The lowest BCUT2D eigenvalue weighted by Crippen LogP contribution is -2.45. The van der Waals surface area contributed by atoms with Crippen LogP contribution in [0.3, 0.4) is 0 Å². The first-order valence-electron chi connectivity index (χ1n) is 6.12. The lowest BCUT2D eigenvalue weighted by atomic mass is 10.0. The van der Waals surface area contributed by atoms with E-state index in [0.29, 0.717) is 23.2 Å². The molecule has 5 heteroatoms. The molecule has 0 amide bonds. The minimum Gasteiger partial charge on any atom is -0.329 e. The van der Waals surface area contributed by atoms with Crippen LogP contribution in [-0.2, 0) is 0 Å². The van der Waals surface area contributed by atoms with Gasteiger partial charge in [0.2, 0.25) is 0 Å². The predicted octanol–water partition coefficient (Wildman–Crippen LogP) is 2.92. The molecule has 0 saturated carbocycles. The molecule has 100 valence electrons. The Morgan fingerprint density at radius 3 is 3.06 bits per heavy atom. The van der Waals surface area contributed by atoms with Crippen LogP contribution in [-0.4, -0.2) is 35.5 Å². The monoisotopic (exact) mass is 288 g/mol. The van der Waals surface area contributed by atoms with Crippen molar-refractivity contribution in [1.82, 2.24) is 4.90 Å². The summed E-state index contributed by atoms with van der Waals surface area (Å²) in [5.41, 5.74) is 6.47. The lowest BCUT2D eigenvalue weighted by molar-refractivity contribution is 0.163. The molecule has 1 saturated heterocycles. The van der Waals surface area contributed by atoms with Crippen LogP contribution in [0, 0.1) is 5.82 Å². The normalized spacial score (nSPS) is 23.0. The topological polar surface area (TPSA) is 29.3 Å². The second kappa shape index (κ2) is 6.24. The van der Waals surface area contributed by atoms with Crippen molar-refractivity contribution in [2.24, 2.45) is 5.73 Å². The van der Waals surface area contributed by atoms with Gasteiger partial charge in [0.15, 0.2) is 0 Å². The van der Waals surface area contributed by atoms with Crippen molar-refractivity contribution in [1.29, 1.82) is 0 Å². The minimum atomic E-state index is -0.222. The van der Waals surface area contributed by atoms with E-state index in [0.717, 1.165) is 18.1 Å². The van der Waals surface area contributed by atoms with Crippen molar-refractivity contribution < 1.29 is 4.39 Å². The molecule has 2 atom stereocenters. The molecule has 2 unspecified atom stereocenters. The fourth-order valence-electron chi connectivity index (χ4n) is 2.41. The molecule has 0 bridgehead atoms. The molecule has 2 N–H and O–H groups in total. The van der Waals surface area contributed by atoms with Crippen molar-refractivity contribution >= 4 is 23.4 Å². The van der Waals surface area contributed by atoms with Gasteiger partial charge in [0, 0.05) is 41.2 Å². The molecule has 0 radical (unpaired) electrons. The average Bonchev–Trinajstić information content (AvgIpc) is 2.36. The zero-order valence-corrected chi connectivity index (χ0v) is 12.0. The molecule has 2 nitrogen and oxygen atoms in total. The van der Waals surface area contributed by atoms with Crippen LogP contribution in [0.4, 0.5) is 4.39 Å². The van der Waals surface area contributed by atoms with Crippen LogP contribution < -0.4 is 5.73 Å². The zero-order chi connectivity index (χ0) is 13.1. The second-order valence-electron chi connectivity index (χ2n) is 4.58. The van der Waals surface area contributed by atoms with Gasteiger partial charge in [-0.1, -0.05) is 11.6 Å². The molecule has 1 aromatic rings. The van der Waals surface area contributed by atoms with Crippen LogP contribution in [0.25, 0.3) is 0 Å². The zero-order valence-electron chi connectivity index (χ0n) is 10.4. The van der Waals surface area contributed by atoms with Gasteiger partial charge < -0.3 is 5.73 Å². The molecule has 18 heavy (non-hydrogen) atoms. The maximum atomic E-state index is 13.9. The van der Waals surface area contributed by atoms with E-state index in [1.807, 2.05) is 11.8 Å². The molecular formula is C13H18ClFN2S. The van der Waals surface area contributed by atoms with Gasteiger partial charge in [-0.2, -0.15) is 11.8 Å². The first-order valence-corrected chi connectivity index (χ1v) is 7.65. The van der Waals surface area contributed by atoms with E-state index in [9.17, 15) is 4.39 Å². The van der Waals surface area contributed by atoms with Crippen molar-refractivity contribution in [3.8, 4) is 0 Å². The van der Waals surface area contributed by atoms with Gasteiger partial charge in [-0.3, -0.25) is 4.90 Å². The van der Waals surface area contributed by atoms with Gasteiger partial charge in [0.1, 0.15) is 5.82 Å². The van der Waals surface area contributed by atoms with E-state index in [1.54, 1.807) is 12.1 Å². The molecule has 0 aromatic heterocycles. The summed E-state index contributed by atoms with van der Waals surface area (Å²) in [4.78, 5) is 2.28. The molecule has 2 rings (SSSR count). The summed E-state index contributed by atoms with van der Waals surface area (Å²) in [7, 11) is 0. The third-order valence-electron chi connectivity index (χ3n) is 3.36. The van der Waals surface area contributed by atoms with E-state index >= 15 is 0 Å². The highest BCUT2D eigenvalue weighted by Gasteiger charge is 2.28. The largest absolute Gasteiger partial charge is 0.329 e. The Bertz CT molecular complexity index is 416. The van der Waals surface area contributed by atoms with E-state index in [1.165, 1.54) is 6.07 Å². The van der Waals surface area contributed by atoms with Gasteiger partial charge in [-0.05, 0) is 25.1 Å². The van der Waals surface area contributed by atoms with Crippen LogP contribution in [0.1, 0.15) is 18.5 Å². The van der Waals surface area contributed by atoms with Crippen molar-refractivity contribution in [3.63, 3.8) is 0 Å². The maximum absolute atomic E-state index is 13.9. The first-order chi connectivity index (χ1) is 8.63. The summed E-state index contributed by atoms with van der Waals surface area (Å²) in [5, 5.41) is 0.559. The van der Waals surface area contributed by atoms with Gasteiger partial charge in [-0.15, -0.1) is 0 Å². The summed E-state index contributed by atoms with van der Waals surface area (Å²) in [6, 6.07) is 5.02. The van der Waals surface area contributed by atoms with E-state index in [-0.39, 0.29) is 11.9 Å². The summed E-state index contributed by atoms with van der Waals surface area (Å²) < 4.78 is 13.9. The molecule has 0 aliphatic carbocycles. The summed E-state index contributed by atoms with van der Waals surface area (Å²) in [6.45, 7) is 3.52. The fraction of sp³-hybridized carbons (Fsp3) is 0.538. The van der Waals surface area contributed by atoms with Gasteiger partial charge in [0.25, 0.3) is 0 Å². The number of hydrogen-bond donors (Lipinski definition) is 1. The average molecular weight is 289 g/mol. The van der Waals surface area contributed by atoms with E-state index in [2.05, 4.69) is 11.8 Å². The van der Waals surface area contributed by atoms with Gasteiger partial charge in [0.05, 0.1) is 6.04 Å².